The van der Waals surface area contributed by atoms with Gasteiger partial charge in [0.05, 0.1) is 38.6 Å². The molecule has 0 bridgehead atoms. The zero-order valence-electron chi connectivity index (χ0n) is 16.5. The highest BCUT2D eigenvalue weighted by atomic mass is 32.2. The number of methoxy groups -OCH3 is 2. The largest absolute Gasteiger partial charge is 0.495 e. The van der Waals surface area contributed by atoms with Crippen LogP contribution in [0, 0.1) is 0 Å². The lowest BCUT2D eigenvalue weighted by Crippen LogP contribution is -2.40. The molecule has 0 aliphatic carbocycles. The minimum Gasteiger partial charge on any atom is -0.495 e. The minimum absolute atomic E-state index is 0.0414. The molecule has 9 nitrogen and oxygen atoms in total. The second-order valence-corrected chi connectivity index (χ2v) is 8.19. The van der Waals surface area contributed by atoms with Gasteiger partial charge >= 0.3 is 11.9 Å². The van der Waals surface area contributed by atoms with Crippen LogP contribution in [0.25, 0.3) is 0 Å². The highest BCUT2D eigenvalue weighted by Gasteiger charge is 2.30. The predicted octanol–water partition coefficient (Wildman–Crippen LogP) is 1.72. The van der Waals surface area contributed by atoms with Gasteiger partial charge in [0, 0.05) is 13.1 Å². The van der Waals surface area contributed by atoms with Crippen molar-refractivity contribution in [1.82, 2.24) is 4.31 Å². The van der Waals surface area contributed by atoms with Gasteiger partial charge in [-0.1, -0.05) is 0 Å². The monoisotopic (exact) mass is 435 g/mol. The van der Waals surface area contributed by atoms with Gasteiger partial charge in [0.1, 0.15) is 16.4 Å². The molecule has 0 aromatic heterocycles. The maximum Gasteiger partial charge on any atom is 0.343 e. The summed E-state index contributed by atoms with van der Waals surface area (Å²) in [6, 6.07) is 9.85. The molecule has 1 aliphatic rings. The number of morpholine rings is 1. The van der Waals surface area contributed by atoms with Gasteiger partial charge in [-0.05, 0) is 42.5 Å². The summed E-state index contributed by atoms with van der Waals surface area (Å²) in [4.78, 5) is 23.9. The van der Waals surface area contributed by atoms with Crippen molar-refractivity contribution in [3.05, 3.63) is 53.6 Å². The van der Waals surface area contributed by atoms with Crippen LogP contribution in [0.4, 0.5) is 0 Å². The van der Waals surface area contributed by atoms with Crippen molar-refractivity contribution in [1.29, 1.82) is 0 Å². The number of carbonyl (C=O) groups is 2. The number of benzene rings is 2. The predicted molar refractivity (Wildman–Crippen MR) is 105 cm³/mol. The second kappa shape index (κ2) is 9.24. The molecule has 2 aromatic rings. The number of carbonyl (C=O) groups excluding carboxylic acids is 2. The number of rotatable bonds is 6. The van der Waals surface area contributed by atoms with Crippen molar-refractivity contribution in [2.45, 2.75) is 4.90 Å². The second-order valence-electron chi connectivity index (χ2n) is 6.29. The van der Waals surface area contributed by atoms with E-state index in [4.69, 9.17) is 14.2 Å². The number of hydrogen-bond acceptors (Lipinski definition) is 8. The zero-order chi connectivity index (χ0) is 21.7. The molecule has 1 saturated heterocycles. The first kappa shape index (κ1) is 21.8. The van der Waals surface area contributed by atoms with E-state index < -0.39 is 22.0 Å². The van der Waals surface area contributed by atoms with E-state index in [1.165, 1.54) is 61.0 Å². The standard InChI is InChI=1S/C20H21NO8S/c1-26-17-8-5-15(13-18(17)30(24,25)21-9-11-28-12-10-21)20(23)29-16-6-3-14(4-7-16)19(22)27-2/h3-8,13H,9-12H2,1-2H3. The first-order chi connectivity index (χ1) is 14.4. The molecule has 0 radical (unpaired) electrons. The van der Waals surface area contributed by atoms with Crippen molar-refractivity contribution < 1.29 is 37.0 Å². The first-order valence-corrected chi connectivity index (χ1v) is 10.5. The summed E-state index contributed by atoms with van der Waals surface area (Å²) in [5.41, 5.74) is 0.348. The third-order valence-electron chi connectivity index (χ3n) is 4.47. The summed E-state index contributed by atoms with van der Waals surface area (Å²) in [5, 5.41) is 0. The molecule has 160 valence electrons. The van der Waals surface area contributed by atoms with Gasteiger partial charge < -0.3 is 18.9 Å². The third kappa shape index (κ3) is 4.61. The molecule has 0 saturated carbocycles. The molecular weight excluding hydrogens is 414 g/mol. The van der Waals surface area contributed by atoms with E-state index in [1.54, 1.807) is 0 Å². The molecular formula is C20H21NO8S. The SMILES string of the molecule is COC(=O)c1ccc(OC(=O)c2ccc(OC)c(S(=O)(=O)N3CCOCC3)c2)cc1. The summed E-state index contributed by atoms with van der Waals surface area (Å²) < 4.78 is 47.6. The van der Waals surface area contributed by atoms with Crippen LogP contribution < -0.4 is 9.47 Å². The van der Waals surface area contributed by atoms with Crippen molar-refractivity contribution in [2.24, 2.45) is 0 Å². The van der Waals surface area contributed by atoms with E-state index in [2.05, 4.69) is 4.74 Å². The lowest BCUT2D eigenvalue weighted by molar-refractivity contribution is 0.0600. The Balaban J connectivity index is 1.85. The van der Waals surface area contributed by atoms with Crippen molar-refractivity contribution in [2.75, 3.05) is 40.5 Å². The summed E-state index contributed by atoms with van der Waals surface area (Å²) in [7, 11) is -1.26. The van der Waals surface area contributed by atoms with Crippen molar-refractivity contribution >= 4 is 22.0 Å². The van der Waals surface area contributed by atoms with Crippen LogP contribution >= 0.6 is 0 Å². The fraction of sp³-hybridized carbons (Fsp3) is 0.300. The lowest BCUT2D eigenvalue weighted by atomic mass is 10.2. The van der Waals surface area contributed by atoms with Crippen LogP contribution in [0.5, 0.6) is 11.5 Å². The van der Waals surface area contributed by atoms with Gasteiger partial charge in [-0.15, -0.1) is 0 Å². The molecule has 0 amide bonds. The Kier molecular flexibility index (Phi) is 6.70. The molecule has 30 heavy (non-hydrogen) atoms. The molecule has 1 heterocycles. The summed E-state index contributed by atoms with van der Waals surface area (Å²) in [6.07, 6.45) is 0. The maximum atomic E-state index is 13.0. The molecule has 0 unspecified atom stereocenters. The minimum atomic E-state index is -3.88. The average molecular weight is 435 g/mol. The molecule has 10 heteroatoms. The average Bonchev–Trinajstić information content (AvgIpc) is 2.79. The number of ether oxygens (including phenoxy) is 4. The van der Waals surface area contributed by atoms with Crippen molar-refractivity contribution in [3.63, 3.8) is 0 Å². The Morgan fingerprint density at radius 3 is 2.17 bits per heavy atom. The van der Waals surface area contributed by atoms with Crippen LogP contribution in [0.1, 0.15) is 20.7 Å². The van der Waals surface area contributed by atoms with Crippen molar-refractivity contribution in [3.8, 4) is 11.5 Å². The first-order valence-electron chi connectivity index (χ1n) is 9.03. The van der Waals surface area contributed by atoms with Gasteiger partial charge in [0.15, 0.2) is 0 Å². The van der Waals surface area contributed by atoms with Gasteiger partial charge in [-0.3, -0.25) is 0 Å². The molecule has 3 rings (SSSR count). The number of hydrogen-bond donors (Lipinski definition) is 0. The Hall–Kier alpha value is -2.95. The molecule has 2 aromatic carbocycles. The lowest BCUT2D eigenvalue weighted by Gasteiger charge is -2.26. The molecule has 1 fully saturated rings. The van der Waals surface area contributed by atoms with E-state index in [1.807, 2.05) is 0 Å². The highest BCUT2D eigenvalue weighted by Crippen LogP contribution is 2.29. The van der Waals surface area contributed by atoms with E-state index in [-0.39, 0.29) is 35.0 Å². The van der Waals surface area contributed by atoms with Gasteiger partial charge in [-0.25, -0.2) is 18.0 Å². The van der Waals surface area contributed by atoms with Crippen LogP contribution in [0.3, 0.4) is 0 Å². The molecule has 0 N–H and O–H groups in total. The Labute approximate surface area is 174 Å². The molecule has 1 aliphatic heterocycles. The fourth-order valence-electron chi connectivity index (χ4n) is 2.87. The van der Waals surface area contributed by atoms with E-state index in [0.717, 1.165) is 0 Å². The Morgan fingerprint density at radius 1 is 0.933 bits per heavy atom. The van der Waals surface area contributed by atoms with Gasteiger partial charge in [0.25, 0.3) is 0 Å². The van der Waals surface area contributed by atoms with E-state index >= 15 is 0 Å². The topological polar surface area (TPSA) is 108 Å². The normalized spacial score (nSPS) is 14.7. The zero-order valence-corrected chi connectivity index (χ0v) is 17.3. The van der Waals surface area contributed by atoms with E-state index in [9.17, 15) is 18.0 Å². The quantitative estimate of drug-likeness (QED) is 0.499. The van der Waals surface area contributed by atoms with Gasteiger partial charge in [0.2, 0.25) is 10.0 Å². The van der Waals surface area contributed by atoms with E-state index in [0.29, 0.717) is 18.8 Å². The summed E-state index contributed by atoms with van der Waals surface area (Å²) in [6.45, 7) is 1.02. The molecule has 0 spiro atoms. The van der Waals surface area contributed by atoms with Crippen LogP contribution in [0.15, 0.2) is 47.4 Å². The molecule has 0 atom stereocenters. The Bertz CT molecular complexity index is 1030. The number of nitrogens with zero attached hydrogens (tertiary/aromatic N) is 1. The summed E-state index contributed by atoms with van der Waals surface area (Å²) in [5.74, 6) is -0.940. The maximum absolute atomic E-state index is 13.0. The summed E-state index contributed by atoms with van der Waals surface area (Å²) >= 11 is 0. The van der Waals surface area contributed by atoms with Crippen LogP contribution in [-0.2, 0) is 19.5 Å². The van der Waals surface area contributed by atoms with Crippen LogP contribution in [0.2, 0.25) is 0 Å². The fourth-order valence-corrected chi connectivity index (χ4v) is 4.46. The number of sulfonamides is 1. The smallest absolute Gasteiger partial charge is 0.343 e. The van der Waals surface area contributed by atoms with Crippen LogP contribution in [-0.4, -0.2) is 65.2 Å². The third-order valence-corrected chi connectivity index (χ3v) is 6.39. The number of esters is 2. The van der Waals surface area contributed by atoms with Gasteiger partial charge in [-0.2, -0.15) is 4.31 Å². The highest BCUT2D eigenvalue weighted by molar-refractivity contribution is 7.89. The Morgan fingerprint density at radius 2 is 1.57 bits per heavy atom.